The topological polar surface area (TPSA) is 38.7 Å². The van der Waals surface area contributed by atoms with Gasteiger partial charge in [-0.25, -0.2) is 0 Å². The predicted octanol–water partition coefficient (Wildman–Crippen LogP) is 4.38. The van der Waals surface area contributed by atoms with Gasteiger partial charge in [-0.15, -0.1) is 0 Å². The molecule has 2 aliphatic carbocycles. The molecule has 1 N–H and O–H groups in total. The van der Waals surface area contributed by atoms with Crippen LogP contribution in [0.5, 0.6) is 0 Å². The molecule has 22 heavy (non-hydrogen) atoms. The molecule has 3 heteroatoms. The van der Waals surface area contributed by atoms with E-state index < -0.39 is 5.79 Å². The van der Waals surface area contributed by atoms with Gasteiger partial charge in [-0.3, -0.25) is 0 Å². The Kier molecular flexibility index (Phi) is 7.17. The Morgan fingerprint density at radius 1 is 0.864 bits per heavy atom. The Morgan fingerprint density at radius 2 is 1.36 bits per heavy atom. The quantitative estimate of drug-likeness (QED) is 0.709. The van der Waals surface area contributed by atoms with E-state index in [1.165, 1.54) is 51.4 Å². The summed E-state index contributed by atoms with van der Waals surface area (Å²) >= 11 is 0. The van der Waals surface area contributed by atoms with Crippen LogP contribution in [0.1, 0.15) is 72.1 Å². The Labute approximate surface area is 136 Å². The molecule has 2 rings (SSSR count). The molecule has 130 valence electrons. The summed E-state index contributed by atoms with van der Waals surface area (Å²) in [5.41, 5.74) is 0. The van der Waals surface area contributed by atoms with Gasteiger partial charge in [-0.05, 0) is 43.4 Å². The normalized spacial score (nSPS) is 36.0. The summed E-state index contributed by atoms with van der Waals surface area (Å²) in [4.78, 5) is 0. The van der Waals surface area contributed by atoms with Crippen LogP contribution in [0.2, 0.25) is 0 Å². The van der Waals surface area contributed by atoms with Gasteiger partial charge in [0, 0.05) is 6.61 Å². The van der Waals surface area contributed by atoms with Gasteiger partial charge in [-0.1, -0.05) is 52.4 Å². The predicted molar refractivity (Wildman–Crippen MR) is 89.6 cm³/mol. The van der Waals surface area contributed by atoms with Crippen LogP contribution in [0.15, 0.2) is 0 Å². The Balaban J connectivity index is 1.64. The van der Waals surface area contributed by atoms with E-state index in [1.54, 1.807) is 6.92 Å². The van der Waals surface area contributed by atoms with Crippen molar-refractivity contribution in [3.8, 4) is 0 Å². The lowest BCUT2D eigenvalue weighted by Gasteiger charge is -2.33. The fourth-order valence-corrected chi connectivity index (χ4v) is 4.01. The van der Waals surface area contributed by atoms with Crippen molar-refractivity contribution in [2.45, 2.75) is 77.9 Å². The minimum absolute atomic E-state index is 0.289. The van der Waals surface area contributed by atoms with E-state index in [1.807, 2.05) is 0 Å². The summed E-state index contributed by atoms with van der Waals surface area (Å²) in [5.74, 6) is 1.58. The Bertz CT molecular complexity index is 316. The van der Waals surface area contributed by atoms with Crippen LogP contribution in [0.4, 0.5) is 0 Å². The third-order valence-electron chi connectivity index (χ3n) is 5.89. The molecule has 2 fully saturated rings. The van der Waals surface area contributed by atoms with Gasteiger partial charge in [0.2, 0.25) is 0 Å². The highest BCUT2D eigenvalue weighted by Gasteiger charge is 2.28. The molecule has 0 aliphatic heterocycles. The van der Waals surface area contributed by atoms with Crippen LogP contribution in [0, 0.1) is 23.7 Å². The molecule has 3 nitrogen and oxygen atoms in total. The van der Waals surface area contributed by atoms with Crippen LogP contribution >= 0.6 is 0 Å². The second kappa shape index (κ2) is 8.65. The zero-order valence-electron chi connectivity index (χ0n) is 14.9. The summed E-state index contributed by atoms with van der Waals surface area (Å²) in [6.07, 6.45) is 10.4. The average Bonchev–Trinajstić information content (AvgIpc) is 2.48. The minimum Gasteiger partial charge on any atom is -0.376 e. The van der Waals surface area contributed by atoms with Crippen LogP contribution in [0.25, 0.3) is 0 Å². The van der Waals surface area contributed by atoms with Crippen molar-refractivity contribution in [3.05, 3.63) is 0 Å². The zero-order chi connectivity index (χ0) is 16.0. The molecule has 2 aliphatic rings. The lowest BCUT2D eigenvalue weighted by atomic mass is 9.81. The van der Waals surface area contributed by atoms with E-state index >= 15 is 0 Å². The summed E-state index contributed by atoms with van der Waals surface area (Å²) in [6.45, 7) is 8.09. The molecule has 0 spiro atoms. The van der Waals surface area contributed by atoms with Crippen LogP contribution < -0.4 is 0 Å². The first-order valence-electron chi connectivity index (χ1n) is 9.42. The fraction of sp³-hybridized carbons (Fsp3) is 1.00. The van der Waals surface area contributed by atoms with Crippen molar-refractivity contribution in [1.82, 2.24) is 0 Å². The summed E-state index contributed by atoms with van der Waals surface area (Å²) < 4.78 is 11.6. The lowest BCUT2D eigenvalue weighted by molar-refractivity contribution is -0.230. The van der Waals surface area contributed by atoms with Gasteiger partial charge in [0.15, 0.2) is 5.79 Å². The number of hydrogen-bond donors (Lipinski definition) is 1. The third-order valence-corrected chi connectivity index (χ3v) is 5.89. The molecule has 0 radical (unpaired) electrons. The van der Waals surface area contributed by atoms with Crippen molar-refractivity contribution in [2.75, 3.05) is 19.8 Å². The van der Waals surface area contributed by atoms with Gasteiger partial charge in [0.1, 0.15) is 6.61 Å². The first-order valence-corrected chi connectivity index (χ1v) is 9.42. The fourth-order valence-electron chi connectivity index (χ4n) is 4.01. The van der Waals surface area contributed by atoms with Gasteiger partial charge < -0.3 is 14.6 Å². The standard InChI is InChI=1S/C19H36O3/c1-15-8-4-6-10-17(15)12-21-14-19(3,20)22-13-18-11-7-5-9-16(18)2/h15-18,20H,4-14H2,1-3H3. The first-order chi connectivity index (χ1) is 10.5. The highest BCUT2D eigenvalue weighted by atomic mass is 16.6. The van der Waals surface area contributed by atoms with Gasteiger partial charge in [-0.2, -0.15) is 0 Å². The summed E-state index contributed by atoms with van der Waals surface area (Å²) in [5, 5.41) is 10.4. The lowest BCUT2D eigenvalue weighted by Crippen LogP contribution is -2.38. The molecule has 0 amide bonds. The van der Waals surface area contributed by atoms with E-state index in [9.17, 15) is 5.11 Å². The van der Waals surface area contributed by atoms with E-state index in [2.05, 4.69) is 13.8 Å². The van der Waals surface area contributed by atoms with Gasteiger partial charge in [0.05, 0.1) is 6.61 Å². The molecule has 2 saturated carbocycles. The molecular formula is C19H36O3. The van der Waals surface area contributed by atoms with E-state index in [-0.39, 0.29) is 6.61 Å². The van der Waals surface area contributed by atoms with Crippen LogP contribution in [-0.2, 0) is 9.47 Å². The molecule has 0 bridgehead atoms. The van der Waals surface area contributed by atoms with Crippen LogP contribution in [-0.4, -0.2) is 30.7 Å². The molecule has 0 aromatic carbocycles. The van der Waals surface area contributed by atoms with Crippen molar-refractivity contribution < 1.29 is 14.6 Å². The molecule has 0 aromatic heterocycles. The number of rotatable bonds is 7. The van der Waals surface area contributed by atoms with Crippen molar-refractivity contribution in [2.24, 2.45) is 23.7 Å². The molecular weight excluding hydrogens is 276 g/mol. The second-order valence-corrected chi connectivity index (χ2v) is 8.04. The van der Waals surface area contributed by atoms with Gasteiger partial charge in [0.25, 0.3) is 0 Å². The highest BCUT2D eigenvalue weighted by molar-refractivity contribution is 4.74. The van der Waals surface area contributed by atoms with E-state index in [4.69, 9.17) is 9.47 Å². The Hall–Kier alpha value is -0.120. The maximum atomic E-state index is 10.4. The van der Waals surface area contributed by atoms with Crippen LogP contribution in [0.3, 0.4) is 0 Å². The minimum atomic E-state index is -1.14. The van der Waals surface area contributed by atoms with Crippen molar-refractivity contribution >= 4 is 0 Å². The van der Waals surface area contributed by atoms with E-state index in [0.717, 1.165) is 12.5 Å². The SMILES string of the molecule is CC1CCCCC1COCC(C)(O)OCC1CCCCC1C. The Morgan fingerprint density at radius 3 is 1.91 bits per heavy atom. The molecule has 5 unspecified atom stereocenters. The smallest absolute Gasteiger partial charge is 0.186 e. The molecule has 0 aromatic rings. The van der Waals surface area contributed by atoms with E-state index in [0.29, 0.717) is 24.4 Å². The second-order valence-electron chi connectivity index (χ2n) is 8.04. The molecule has 5 atom stereocenters. The van der Waals surface area contributed by atoms with Gasteiger partial charge >= 0.3 is 0 Å². The summed E-state index contributed by atoms with van der Waals surface area (Å²) in [6, 6.07) is 0. The number of aliphatic hydroxyl groups is 1. The monoisotopic (exact) mass is 312 g/mol. The maximum Gasteiger partial charge on any atom is 0.186 e. The van der Waals surface area contributed by atoms with Crippen molar-refractivity contribution in [3.63, 3.8) is 0 Å². The largest absolute Gasteiger partial charge is 0.376 e. The highest BCUT2D eigenvalue weighted by Crippen LogP contribution is 2.31. The molecule has 0 saturated heterocycles. The first kappa shape index (κ1) is 18.2. The van der Waals surface area contributed by atoms with Crippen molar-refractivity contribution in [1.29, 1.82) is 0 Å². The average molecular weight is 312 g/mol. The zero-order valence-corrected chi connectivity index (χ0v) is 14.9. The number of hydrogen-bond acceptors (Lipinski definition) is 3. The third kappa shape index (κ3) is 5.82. The number of ether oxygens (including phenoxy) is 2. The molecule has 0 heterocycles. The summed E-state index contributed by atoms with van der Waals surface area (Å²) in [7, 11) is 0. The maximum absolute atomic E-state index is 10.4.